The van der Waals surface area contributed by atoms with Gasteiger partial charge in [0.1, 0.15) is 5.75 Å². The number of likely N-dealkylation sites (N-methyl/N-ethyl adjacent to an activating group) is 1. The van der Waals surface area contributed by atoms with Crippen molar-refractivity contribution in [2.24, 2.45) is 4.99 Å². The maximum atomic E-state index is 5.28. The second kappa shape index (κ2) is 11.6. The van der Waals surface area contributed by atoms with Crippen molar-refractivity contribution in [2.45, 2.75) is 26.6 Å². The molecule has 1 aliphatic rings. The lowest BCUT2D eigenvalue weighted by atomic mass is 10.1. The highest BCUT2D eigenvalue weighted by molar-refractivity contribution is 5.79. The van der Waals surface area contributed by atoms with Crippen LogP contribution in [0.3, 0.4) is 0 Å². The molecule has 162 valence electrons. The number of ether oxygens (including phenoxy) is 1. The van der Waals surface area contributed by atoms with Crippen LogP contribution in [-0.2, 0) is 19.6 Å². The number of hydrogen-bond acceptors (Lipinski definition) is 4. The Morgan fingerprint density at radius 3 is 2.17 bits per heavy atom. The van der Waals surface area contributed by atoms with E-state index < -0.39 is 0 Å². The number of nitrogens with zero attached hydrogens (tertiary/aromatic N) is 3. The standard InChI is InChI=1S/C24H35N5O/c1-4-28-12-14-29(15-13-28)19-21-10-8-20(9-11-21)17-26-24(25-2)27-18-22-6-5-7-23(16-22)30-3/h5-11,16H,4,12-15,17-19H2,1-3H3,(H2,25,26,27). The monoisotopic (exact) mass is 409 g/mol. The number of aliphatic imine (C=N–C) groups is 1. The van der Waals surface area contributed by atoms with Crippen molar-refractivity contribution in [3.05, 3.63) is 65.2 Å². The Bertz CT molecular complexity index is 797. The molecule has 1 heterocycles. The summed E-state index contributed by atoms with van der Waals surface area (Å²) in [6, 6.07) is 17.0. The Balaban J connectivity index is 1.43. The first-order chi connectivity index (χ1) is 14.7. The minimum absolute atomic E-state index is 0.696. The average molecular weight is 410 g/mol. The second-order valence-electron chi connectivity index (χ2n) is 7.66. The first-order valence-electron chi connectivity index (χ1n) is 10.8. The molecule has 2 aromatic carbocycles. The lowest BCUT2D eigenvalue weighted by Gasteiger charge is -2.34. The Kier molecular flexibility index (Phi) is 8.53. The van der Waals surface area contributed by atoms with Crippen LogP contribution < -0.4 is 15.4 Å². The summed E-state index contributed by atoms with van der Waals surface area (Å²) < 4.78 is 5.28. The highest BCUT2D eigenvalue weighted by Crippen LogP contribution is 2.12. The molecule has 30 heavy (non-hydrogen) atoms. The first kappa shape index (κ1) is 22.1. The van der Waals surface area contributed by atoms with Gasteiger partial charge in [0.25, 0.3) is 0 Å². The lowest BCUT2D eigenvalue weighted by Crippen LogP contribution is -2.45. The van der Waals surface area contributed by atoms with Crippen LogP contribution in [-0.4, -0.2) is 62.6 Å². The van der Waals surface area contributed by atoms with Crippen molar-refractivity contribution in [1.29, 1.82) is 0 Å². The van der Waals surface area contributed by atoms with Crippen molar-refractivity contribution in [3.8, 4) is 5.75 Å². The van der Waals surface area contributed by atoms with E-state index in [1.165, 1.54) is 24.2 Å². The van der Waals surface area contributed by atoms with Gasteiger partial charge in [-0.15, -0.1) is 0 Å². The molecule has 1 saturated heterocycles. The summed E-state index contributed by atoms with van der Waals surface area (Å²) in [6.45, 7) is 10.6. The number of benzene rings is 2. The predicted molar refractivity (Wildman–Crippen MR) is 124 cm³/mol. The number of methoxy groups -OCH3 is 1. The molecule has 1 aliphatic heterocycles. The zero-order valence-electron chi connectivity index (χ0n) is 18.5. The van der Waals surface area contributed by atoms with Gasteiger partial charge >= 0.3 is 0 Å². The summed E-state index contributed by atoms with van der Waals surface area (Å²) in [5.74, 6) is 1.65. The molecule has 0 aliphatic carbocycles. The molecule has 0 saturated carbocycles. The number of piperazine rings is 1. The topological polar surface area (TPSA) is 52.1 Å². The average Bonchev–Trinajstić information content (AvgIpc) is 2.81. The summed E-state index contributed by atoms with van der Waals surface area (Å²) in [5, 5.41) is 6.74. The van der Waals surface area contributed by atoms with Crippen molar-refractivity contribution >= 4 is 5.96 Å². The lowest BCUT2D eigenvalue weighted by molar-refractivity contribution is 0.132. The SMILES string of the molecule is CCN1CCN(Cc2ccc(CNC(=NC)NCc3cccc(OC)c3)cc2)CC1. The molecule has 0 radical (unpaired) electrons. The van der Waals surface area contributed by atoms with Crippen LogP contribution in [0.25, 0.3) is 0 Å². The van der Waals surface area contributed by atoms with E-state index in [0.717, 1.165) is 50.0 Å². The number of rotatable bonds is 8. The molecule has 6 nitrogen and oxygen atoms in total. The maximum absolute atomic E-state index is 5.28. The van der Waals surface area contributed by atoms with Gasteiger partial charge in [-0.25, -0.2) is 0 Å². The van der Waals surface area contributed by atoms with Crippen LogP contribution in [0.4, 0.5) is 0 Å². The van der Waals surface area contributed by atoms with Gasteiger partial charge in [-0.05, 0) is 35.4 Å². The molecule has 0 amide bonds. The van der Waals surface area contributed by atoms with E-state index in [-0.39, 0.29) is 0 Å². The van der Waals surface area contributed by atoms with Crippen molar-refractivity contribution < 1.29 is 4.74 Å². The second-order valence-corrected chi connectivity index (χ2v) is 7.66. The third kappa shape index (κ3) is 6.75. The largest absolute Gasteiger partial charge is 0.497 e. The van der Waals surface area contributed by atoms with E-state index in [9.17, 15) is 0 Å². The smallest absolute Gasteiger partial charge is 0.191 e. The van der Waals surface area contributed by atoms with Gasteiger partial charge in [-0.3, -0.25) is 9.89 Å². The van der Waals surface area contributed by atoms with Gasteiger partial charge in [0.2, 0.25) is 0 Å². The summed E-state index contributed by atoms with van der Waals surface area (Å²) in [7, 11) is 3.48. The van der Waals surface area contributed by atoms with Crippen molar-refractivity contribution in [1.82, 2.24) is 20.4 Å². The van der Waals surface area contributed by atoms with Gasteiger partial charge in [0, 0.05) is 52.9 Å². The zero-order chi connectivity index (χ0) is 21.2. The number of guanidine groups is 1. The summed E-state index contributed by atoms with van der Waals surface area (Å²) >= 11 is 0. The third-order valence-corrected chi connectivity index (χ3v) is 5.62. The molecule has 0 aromatic heterocycles. The van der Waals surface area contributed by atoms with Crippen LogP contribution in [0, 0.1) is 0 Å². The summed E-state index contributed by atoms with van der Waals surface area (Å²) in [6.07, 6.45) is 0. The van der Waals surface area contributed by atoms with E-state index in [4.69, 9.17) is 4.74 Å². The van der Waals surface area contributed by atoms with Crippen LogP contribution in [0.5, 0.6) is 5.75 Å². The van der Waals surface area contributed by atoms with E-state index in [0.29, 0.717) is 6.54 Å². The van der Waals surface area contributed by atoms with Gasteiger partial charge in [-0.1, -0.05) is 43.3 Å². The molecule has 6 heteroatoms. The fourth-order valence-corrected chi connectivity index (χ4v) is 3.66. The Morgan fingerprint density at radius 1 is 0.900 bits per heavy atom. The zero-order valence-corrected chi connectivity index (χ0v) is 18.5. The van der Waals surface area contributed by atoms with E-state index in [1.54, 1.807) is 14.2 Å². The quantitative estimate of drug-likeness (QED) is 0.519. The summed E-state index contributed by atoms with van der Waals surface area (Å²) in [4.78, 5) is 9.38. The van der Waals surface area contributed by atoms with Gasteiger partial charge in [0.15, 0.2) is 5.96 Å². The van der Waals surface area contributed by atoms with Gasteiger partial charge in [-0.2, -0.15) is 0 Å². The fraction of sp³-hybridized carbons (Fsp3) is 0.458. The van der Waals surface area contributed by atoms with Crippen LogP contribution in [0.15, 0.2) is 53.5 Å². The van der Waals surface area contributed by atoms with Crippen molar-refractivity contribution in [2.75, 3.05) is 46.9 Å². The van der Waals surface area contributed by atoms with Crippen LogP contribution >= 0.6 is 0 Å². The number of hydrogen-bond donors (Lipinski definition) is 2. The Labute approximate surface area is 180 Å². The van der Waals surface area contributed by atoms with Crippen LogP contribution in [0.2, 0.25) is 0 Å². The first-order valence-corrected chi connectivity index (χ1v) is 10.8. The van der Waals surface area contributed by atoms with E-state index in [2.05, 4.69) is 62.7 Å². The fourth-order valence-electron chi connectivity index (χ4n) is 3.66. The highest BCUT2D eigenvalue weighted by atomic mass is 16.5. The minimum atomic E-state index is 0.696. The van der Waals surface area contributed by atoms with Gasteiger partial charge in [0.05, 0.1) is 7.11 Å². The molecule has 0 spiro atoms. The molecule has 3 rings (SSSR count). The Morgan fingerprint density at radius 2 is 1.53 bits per heavy atom. The summed E-state index contributed by atoms with van der Waals surface area (Å²) in [5.41, 5.74) is 3.78. The third-order valence-electron chi connectivity index (χ3n) is 5.62. The van der Waals surface area contributed by atoms with Gasteiger partial charge < -0.3 is 20.3 Å². The molecular formula is C24H35N5O. The maximum Gasteiger partial charge on any atom is 0.191 e. The molecule has 2 aromatic rings. The normalized spacial score (nSPS) is 15.8. The molecule has 0 unspecified atom stereocenters. The molecular weight excluding hydrogens is 374 g/mol. The van der Waals surface area contributed by atoms with E-state index >= 15 is 0 Å². The van der Waals surface area contributed by atoms with E-state index in [1.807, 2.05) is 18.2 Å². The minimum Gasteiger partial charge on any atom is -0.497 e. The van der Waals surface area contributed by atoms with Crippen molar-refractivity contribution in [3.63, 3.8) is 0 Å². The Hall–Kier alpha value is -2.57. The highest BCUT2D eigenvalue weighted by Gasteiger charge is 2.15. The molecule has 2 N–H and O–H groups in total. The van der Waals surface area contributed by atoms with Crippen LogP contribution in [0.1, 0.15) is 23.6 Å². The molecule has 0 bridgehead atoms. The number of nitrogens with one attached hydrogen (secondary N) is 2. The molecule has 1 fully saturated rings. The molecule has 0 atom stereocenters. The predicted octanol–water partition coefficient (Wildman–Crippen LogP) is 2.70.